The molecule has 0 radical (unpaired) electrons. The molecule has 1 N–H and O–H groups in total. The molecule has 5 heteroatoms. The van der Waals surface area contributed by atoms with Gasteiger partial charge in [-0.15, -0.1) is 6.58 Å². The molecule has 15 heavy (non-hydrogen) atoms. The minimum absolute atomic E-state index is 0. The van der Waals surface area contributed by atoms with Crippen molar-refractivity contribution >= 4 is 5.97 Å². The van der Waals surface area contributed by atoms with Crippen LogP contribution in [0.4, 0.5) is 0 Å². The first kappa shape index (κ1) is 17.5. The van der Waals surface area contributed by atoms with Crippen LogP contribution in [0.3, 0.4) is 0 Å². The van der Waals surface area contributed by atoms with Crippen LogP contribution in [0.2, 0.25) is 0 Å². The average Bonchev–Trinajstić information content (AvgIpc) is 2.13. The van der Waals surface area contributed by atoms with E-state index in [2.05, 4.69) is 6.58 Å². The largest absolute Gasteiger partial charge is 1.00 e. The second kappa shape index (κ2) is 10.6. The standard InChI is InChI=1S/C10H19NO3.Na/c1-3-5-6-8-11(14)9(7-4-2)10(12)13;/h4,9,14H,2-3,5-8H2,1H3,(H,12,13);/q;+1/p-1. The molecule has 0 saturated heterocycles. The second-order valence-corrected chi connectivity index (χ2v) is 3.23. The van der Waals surface area contributed by atoms with Gasteiger partial charge in [-0.25, -0.2) is 0 Å². The van der Waals surface area contributed by atoms with E-state index in [1.807, 2.05) is 6.92 Å². The second-order valence-electron chi connectivity index (χ2n) is 3.23. The molecular formula is C10H18NNaO3. The van der Waals surface area contributed by atoms with Gasteiger partial charge in [0.2, 0.25) is 0 Å². The number of hydrogen-bond acceptors (Lipinski definition) is 4. The Morgan fingerprint density at radius 3 is 2.60 bits per heavy atom. The van der Waals surface area contributed by atoms with Crippen molar-refractivity contribution in [2.75, 3.05) is 6.54 Å². The fourth-order valence-corrected chi connectivity index (χ4v) is 1.18. The maximum Gasteiger partial charge on any atom is 1.00 e. The van der Waals surface area contributed by atoms with Gasteiger partial charge in [0.25, 0.3) is 0 Å². The molecule has 82 valence electrons. The molecule has 1 atom stereocenters. The van der Waals surface area contributed by atoms with E-state index in [0.29, 0.717) is 6.54 Å². The molecule has 1 unspecified atom stereocenters. The molecule has 0 aliphatic heterocycles. The topological polar surface area (TPSA) is 63.6 Å². The van der Waals surface area contributed by atoms with Gasteiger partial charge >= 0.3 is 29.6 Å². The van der Waals surface area contributed by atoms with E-state index < -0.39 is 12.0 Å². The third kappa shape index (κ3) is 7.99. The zero-order chi connectivity index (χ0) is 11.0. The molecule has 0 aromatic carbocycles. The molecule has 0 fully saturated rings. The Hall–Kier alpha value is 0.130. The van der Waals surface area contributed by atoms with E-state index >= 15 is 0 Å². The van der Waals surface area contributed by atoms with Gasteiger partial charge in [0.1, 0.15) is 0 Å². The maximum absolute atomic E-state index is 10.6. The number of nitrogens with zero attached hydrogens (tertiary/aromatic N) is 1. The fraction of sp³-hybridized carbons (Fsp3) is 0.700. The number of carboxylic acid groups (broad SMARTS) is 1. The van der Waals surface area contributed by atoms with Gasteiger partial charge in [0.05, 0.1) is 12.0 Å². The summed E-state index contributed by atoms with van der Waals surface area (Å²) in [7, 11) is 0. The number of carbonyl (C=O) groups is 1. The Balaban J connectivity index is 0. The molecule has 0 amide bonds. The van der Waals surface area contributed by atoms with Crippen LogP contribution in [0.5, 0.6) is 0 Å². The van der Waals surface area contributed by atoms with Crippen LogP contribution < -0.4 is 34.7 Å². The Kier molecular flexibility index (Phi) is 12.4. The number of unbranched alkanes of at least 4 members (excludes halogenated alkanes) is 2. The van der Waals surface area contributed by atoms with Crippen molar-refractivity contribution in [3.63, 3.8) is 0 Å². The van der Waals surface area contributed by atoms with Crippen LogP contribution in [-0.2, 0) is 4.79 Å². The molecule has 0 heterocycles. The number of carboxylic acids is 1. The Bertz CT molecular complexity index is 188. The number of carbonyl (C=O) groups excluding carboxylic acids is 1. The van der Waals surface area contributed by atoms with Crippen LogP contribution in [0.1, 0.15) is 32.6 Å². The van der Waals surface area contributed by atoms with E-state index in [0.717, 1.165) is 24.3 Å². The Morgan fingerprint density at radius 2 is 2.20 bits per heavy atom. The monoisotopic (exact) mass is 223 g/mol. The van der Waals surface area contributed by atoms with Gasteiger partial charge in [-0.05, 0) is 12.8 Å². The number of hydrogen-bond donors (Lipinski definition) is 1. The van der Waals surface area contributed by atoms with E-state index in [1.54, 1.807) is 0 Å². The van der Waals surface area contributed by atoms with Gasteiger partial charge in [-0.3, -0.25) is 0 Å². The quantitative estimate of drug-likeness (QED) is 0.215. The minimum atomic E-state index is -1.26. The molecule has 0 spiro atoms. The van der Waals surface area contributed by atoms with Crippen LogP contribution in [0, 0.1) is 0 Å². The van der Waals surface area contributed by atoms with Gasteiger partial charge in [0.15, 0.2) is 0 Å². The Labute approximate surface area is 113 Å². The summed E-state index contributed by atoms with van der Waals surface area (Å²) in [5.41, 5.74) is 0. The third-order valence-electron chi connectivity index (χ3n) is 2.01. The molecule has 0 aliphatic carbocycles. The van der Waals surface area contributed by atoms with Gasteiger partial charge in [0, 0.05) is 6.54 Å². The van der Waals surface area contributed by atoms with Crippen molar-refractivity contribution in [3.8, 4) is 0 Å². The van der Waals surface area contributed by atoms with Crippen molar-refractivity contribution in [3.05, 3.63) is 12.7 Å². The van der Waals surface area contributed by atoms with E-state index in [-0.39, 0.29) is 36.0 Å². The molecule has 0 rings (SSSR count). The van der Waals surface area contributed by atoms with Crippen LogP contribution >= 0.6 is 0 Å². The van der Waals surface area contributed by atoms with Crippen molar-refractivity contribution in [1.29, 1.82) is 0 Å². The SMILES string of the molecule is C=CCC(C(=O)[O-])N(O)CCCCC.[Na+]. The zero-order valence-corrected chi connectivity index (χ0v) is 11.6. The number of aliphatic carboxylic acids is 1. The zero-order valence-electron chi connectivity index (χ0n) is 9.61. The summed E-state index contributed by atoms with van der Waals surface area (Å²) in [5.74, 6) is -1.26. The van der Waals surface area contributed by atoms with Crippen molar-refractivity contribution < 1.29 is 44.7 Å². The van der Waals surface area contributed by atoms with Crippen LogP contribution in [-0.4, -0.2) is 28.8 Å². The summed E-state index contributed by atoms with van der Waals surface area (Å²) in [6, 6.07) is -0.968. The predicted octanol–water partition coefficient (Wildman–Crippen LogP) is -2.43. The van der Waals surface area contributed by atoms with Crippen molar-refractivity contribution in [2.24, 2.45) is 0 Å². The average molecular weight is 223 g/mol. The minimum Gasteiger partial charge on any atom is -0.548 e. The molecule has 0 aromatic heterocycles. The summed E-state index contributed by atoms with van der Waals surface area (Å²) in [4.78, 5) is 10.6. The van der Waals surface area contributed by atoms with E-state index in [9.17, 15) is 15.1 Å². The van der Waals surface area contributed by atoms with Crippen LogP contribution in [0.25, 0.3) is 0 Å². The first-order chi connectivity index (χ1) is 6.63. The smallest absolute Gasteiger partial charge is 0.548 e. The Morgan fingerprint density at radius 1 is 1.60 bits per heavy atom. The van der Waals surface area contributed by atoms with E-state index in [4.69, 9.17) is 0 Å². The molecule has 4 nitrogen and oxygen atoms in total. The van der Waals surface area contributed by atoms with Crippen molar-refractivity contribution in [2.45, 2.75) is 38.6 Å². The summed E-state index contributed by atoms with van der Waals surface area (Å²) in [5, 5.41) is 20.8. The first-order valence-electron chi connectivity index (χ1n) is 4.90. The first-order valence-corrected chi connectivity index (χ1v) is 4.90. The van der Waals surface area contributed by atoms with Gasteiger partial charge in [-0.1, -0.05) is 25.8 Å². The fourth-order valence-electron chi connectivity index (χ4n) is 1.18. The van der Waals surface area contributed by atoms with Crippen molar-refractivity contribution in [1.82, 2.24) is 5.06 Å². The maximum atomic E-state index is 10.6. The van der Waals surface area contributed by atoms with Gasteiger partial charge in [-0.2, -0.15) is 5.06 Å². The van der Waals surface area contributed by atoms with E-state index in [1.165, 1.54) is 6.08 Å². The molecule has 0 bridgehead atoms. The molecular weight excluding hydrogens is 205 g/mol. The summed E-state index contributed by atoms with van der Waals surface area (Å²) < 4.78 is 0. The van der Waals surface area contributed by atoms with Crippen LogP contribution in [0.15, 0.2) is 12.7 Å². The summed E-state index contributed by atoms with van der Waals surface area (Å²) in [6.45, 7) is 5.84. The number of hydroxylamine groups is 2. The molecule has 0 saturated carbocycles. The molecule has 0 aromatic rings. The predicted molar refractivity (Wildman–Crippen MR) is 51.6 cm³/mol. The normalized spacial score (nSPS) is 11.9. The molecule has 0 aliphatic rings. The third-order valence-corrected chi connectivity index (χ3v) is 2.01. The summed E-state index contributed by atoms with van der Waals surface area (Å²) in [6.07, 6.45) is 4.46. The van der Waals surface area contributed by atoms with Gasteiger partial charge < -0.3 is 15.1 Å². The number of rotatable bonds is 8. The summed E-state index contributed by atoms with van der Waals surface area (Å²) >= 11 is 0.